The van der Waals surface area contributed by atoms with E-state index in [1.807, 2.05) is 0 Å². The summed E-state index contributed by atoms with van der Waals surface area (Å²) in [6.07, 6.45) is 15.2. The molecule has 0 saturated carbocycles. The summed E-state index contributed by atoms with van der Waals surface area (Å²) < 4.78 is 29.8. The van der Waals surface area contributed by atoms with E-state index in [4.69, 9.17) is 19.7 Å². The van der Waals surface area contributed by atoms with Crippen LogP contribution in [0.2, 0.25) is 19.6 Å². The first kappa shape index (κ1) is 35.2. The lowest BCUT2D eigenvalue weighted by atomic mass is 10.1. The molecule has 11 nitrogen and oxygen atoms in total. The van der Waals surface area contributed by atoms with Gasteiger partial charge in [0, 0.05) is 26.2 Å². The number of fused-ring (bicyclic) bond motifs is 1. The van der Waals surface area contributed by atoms with Crippen molar-refractivity contribution in [1.29, 1.82) is 0 Å². The molecule has 0 amide bonds. The summed E-state index contributed by atoms with van der Waals surface area (Å²) in [7, 11) is -5.06. The minimum Gasteiger partial charge on any atom is -0.381 e. The van der Waals surface area contributed by atoms with Gasteiger partial charge in [0.1, 0.15) is 14.4 Å². The normalized spacial score (nSPS) is 13.3. The molecule has 1 unspecified atom stereocenters. The minimum atomic E-state index is -3.86. The van der Waals surface area contributed by atoms with E-state index in [1.54, 1.807) is 4.57 Å². The van der Waals surface area contributed by atoms with Crippen molar-refractivity contribution >= 4 is 32.8 Å². The van der Waals surface area contributed by atoms with Gasteiger partial charge in [0.15, 0.2) is 11.2 Å². The van der Waals surface area contributed by atoms with Gasteiger partial charge in [0.25, 0.3) is 5.56 Å². The lowest BCUT2D eigenvalue weighted by Crippen LogP contribution is -2.16. The Morgan fingerprint density at radius 1 is 0.951 bits per heavy atom. The number of nitrogens with zero attached hydrogens (tertiary/aromatic N) is 3. The molecule has 232 valence electrons. The van der Waals surface area contributed by atoms with Crippen molar-refractivity contribution in [2.75, 3.05) is 38.5 Å². The number of imidazole rings is 1. The Hall–Kier alpha value is -2.00. The first-order valence-electron chi connectivity index (χ1n) is 14.9. The van der Waals surface area contributed by atoms with Gasteiger partial charge in [-0.1, -0.05) is 71.0 Å². The molecule has 0 bridgehead atoms. The van der Waals surface area contributed by atoms with Gasteiger partial charge in [0.05, 0.1) is 19.5 Å². The molecule has 41 heavy (non-hydrogen) atoms. The zero-order valence-corrected chi connectivity index (χ0v) is 27.1. The van der Waals surface area contributed by atoms with Gasteiger partial charge in [-0.05, 0) is 19.3 Å². The predicted molar refractivity (Wildman–Crippen MR) is 167 cm³/mol. The Morgan fingerprint density at radius 2 is 1.59 bits per heavy atom. The SMILES string of the molecule is C[Si](C)(C)C#CCCCCCCCCCCCCOCCCOP(=O)(O)COCCn1cnc2c(=O)[nH]c(N)nc21. The number of hydrogen-bond acceptors (Lipinski definition) is 8. The third kappa shape index (κ3) is 16.3. The number of nitrogen functional groups attached to an aromatic ring is 1. The fraction of sp³-hybridized carbons (Fsp3) is 0.750. The van der Waals surface area contributed by atoms with Crippen LogP contribution in [0.15, 0.2) is 11.1 Å². The maximum atomic E-state index is 12.1. The second kappa shape index (κ2) is 19.2. The molecule has 2 aromatic heterocycles. The summed E-state index contributed by atoms with van der Waals surface area (Å²) in [4.78, 5) is 32.2. The molecule has 2 aromatic rings. The molecular weight excluding hydrogens is 561 g/mol. The highest BCUT2D eigenvalue weighted by molar-refractivity contribution is 7.52. The average Bonchev–Trinajstić information content (AvgIpc) is 3.30. The zero-order valence-electron chi connectivity index (χ0n) is 25.2. The van der Waals surface area contributed by atoms with Crippen molar-refractivity contribution in [3.05, 3.63) is 16.7 Å². The van der Waals surface area contributed by atoms with Gasteiger partial charge >= 0.3 is 7.60 Å². The fourth-order valence-corrected chi connectivity index (χ4v) is 5.65. The molecular formula is C28H50N5O6PSi. The van der Waals surface area contributed by atoms with Gasteiger partial charge in [-0.25, -0.2) is 4.98 Å². The van der Waals surface area contributed by atoms with Gasteiger partial charge in [-0.3, -0.25) is 14.3 Å². The van der Waals surface area contributed by atoms with Gasteiger partial charge < -0.3 is 29.2 Å². The van der Waals surface area contributed by atoms with Crippen LogP contribution in [0.4, 0.5) is 5.95 Å². The Labute approximate surface area is 245 Å². The predicted octanol–water partition coefficient (Wildman–Crippen LogP) is 5.46. The van der Waals surface area contributed by atoms with Gasteiger partial charge in [-0.15, -0.1) is 11.5 Å². The van der Waals surface area contributed by atoms with E-state index in [1.165, 1.54) is 64.1 Å². The van der Waals surface area contributed by atoms with Crippen molar-refractivity contribution in [2.45, 2.75) is 103 Å². The van der Waals surface area contributed by atoms with Crippen LogP contribution >= 0.6 is 7.60 Å². The van der Waals surface area contributed by atoms with Gasteiger partial charge in [0.2, 0.25) is 5.95 Å². The molecule has 0 radical (unpaired) electrons. The summed E-state index contributed by atoms with van der Waals surface area (Å²) >= 11 is 0. The minimum absolute atomic E-state index is 0.00984. The van der Waals surface area contributed by atoms with E-state index in [0.29, 0.717) is 25.3 Å². The van der Waals surface area contributed by atoms with E-state index in [2.05, 4.69) is 46.1 Å². The molecule has 2 rings (SSSR count). The van der Waals surface area contributed by atoms with E-state index < -0.39 is 27.6 Å². The molecule has 0 aliphatic carbocycles. The van der Waals surface area contributed by atoms with E-state index in [9.17, 15) is 14.3 Å². The largest absolute Gasteiger partial charge is 0.381 e. The van der Waals surface area contributed by atoms with Crippen molar-refractivity contribution in [1.82, 2.24) is 19.5 Å². The highest BCUT2D eigenvalue weighted by Gasteiger charge is 2.19. The van der Waals surface area contributed by atoms with E-state index in [-0.39, 0.29) is 31.2 Å². The third-order valence-corrected chi connectivity index (χ3v) is 8.28. The highest BCUT2D eigenvalue weighted by atomic mass is 31.2. The van der Waals surface area contributed by atoms with E-state index >= 15 is 0 Å². The van der Waals surface area contributed by atoms with Crippen LogP contribution in [0.1, 0.15) is 77.0 Å². The van der Waals surface area contributed by atoms with Crippen LogP contribution in [0.3, 0.4) is 0 Å². The Balaban J connectivity index is 1.36. The topological polar surface area (TPSA) is 155 Å². The van der Waals surface area contributed by atoms with E-state index in [0.717, 1.165) is 12.8 Å². The zero-order chi connectivity index (χ0) is 30.0. The molecule has 0 fully saturated rings. The summed E-state index contributed by atoms with van der Waals surface area (Å²) in [5, 5.41) is 0. The third-order valence-electron chi connectivity index (χ3n) is 6.25. The lowest BCUT2D eigenvalue weighted by molar-refractivity contribution is 0.106. The number of ether oxygens (including phenoxy) is 2. The lowest BCUT2D eigenvalue weighted by Gasteiger charge is -2.13. The fourth-order valence-electron chi connectivity index (χ4n) is 4.14. The summed E-state index contributed by atoms with van der Waals surface area (Å²) in [5.41, 5.74) is 9.08. The first-order valence-corrected chi connectivity index (χ1v) is 20.2. The number of aromatic amines is 1. The quantitative estimate of drug-likeness (QED) is 0.0682. The van der Waals surface area contributed by atoms with Crippen LogP contribution in [0.5, 0.6) is 0 Å². The number of H-pyrrole nitrogens is 1. The molecule has 0 spiro atoms. The van der Waals surface area contributed by atoms with Gasteiger partial charge in [-0.2, -0.15) is 4.98 Å². The molecule has 0 aromatic carbocycles. The number of hydrogen-bond donors (Lipinski definition) is 3. The van der Waals surface area contributed by atoms with Crippen LogP contribution in [0.25, 0.3) is 11.2 Å². The molecule has 1 atom stereocenters. The standard InChI is InChI=1S/C28H50N5O6PSi/c1-41(2,3)22-15-13-11-9-7-5-4-6-8-10-12-14-18-37-19-16-20-39-40(35,36)24-38-21-17-33-23-30-25-26(33)31-28(29)32-27(25)34/h23H,4-14,16-21,24H2,1-3H3,(H,35,36)(H3,29,31,32,34). The number of aromatic nitrogens is 4. The smallest absolute Gasteiger partial charge is 0.353 e. The second-order valence-electron chi connectivity index (χ2n) is 11.4. The number of rotatable bonds is 22. The first-order chi connectivity index (χ1) is 19.6. The summed E-state index contributed by atoms with van der Waals surface area (Å²) in [6.45, 7) is 8.60. The number of nitrogens with two attached hydrogens (primary N) is 1. The maximum Gasteiger partial charge on any atom is 0.353 e. The Kier molecular flexibility index (Phi) is 16.5. The maximum absolute atomic E-state index is 12.1. The van der Waals surface area contributed by atoms with Crippen LogP contribution in [0, 0.1) is 11.5 Å². The molecule has 0 aliphatic heterocycles. The average molecular weight is 612 g/mol. The molecule has 13 heteroatoms. The van der Waals surface area contributed by atoms with Crippen LogP contribution < -0.4 is 11.3 Å². The molecule has 0 saturated heterocycles. The second-order valence-corrected chi connectivity index (χ2v) is 17.9. The van der Waals surface area contributed by atoms with Crippen LogP contribution in [-0.4, -0.2) is 65.3 Å². The summed E-state index contributed by atoms with van der Waals surface area (Å²) in [6, 6.07) is 0. The monoisotopic (exact) mass is 611 g/mol. The highest BCUT2D eigenvalue weighted by Crippen LogP contribution is 2.41. The van der Waals surface area contributed by atoms with Crippen molar-refractivity contribution in [3.63, 3.8) is 0 Å². The molecule has 0 aliphatic rings. The van der Waals surface area contributed by atoms with Crippen molar-refractivity contribution in [2.24, 2.45) is 0 Å². The molecule has 2 heterocycles. The number of anilines is 1. The number of unbranched alkanes of at least 4 members (excludes halogenated alkanes) is 10. The molecule has 4 N–H and O–H groups in total. The Bertz CT molecular complexity index is 1190. The van der Waals surface area contributed by atoms with Crippen LogP contribution in [-0.2, 0) is 25.1 Å². The van der Waals surface area contributed by atoms with Crippen molar-refractivity contribution < 1.29 is 23.5 Å². The Morgan fingerprint density at radius 3 is 2.27 bits per heavy atom. The summed E-state index contributed by atoms with van der Waals surface area (Å²) in [5.74, 6) is 3.35. The number of nitrogens with one attached hydrogen (secondary N) is 1. The van der Waals surface area contributed by atoms with Crippen molar-refractivity contribution in [3.8, 4) is 11.5 Å².